The summed E-state index contributed by atoms with van der Waals surface area (Å²) in [6.07, 6.45) is 6.47. The molecule has 0 unspecified atom stereocenters. The molecule has 1 fully saturated rings. The smallest absolute Gasteiger partial charge is 0.258 e. The quantitative estimate of drug-likeness (QED) is 0.525. The molecule has 4 N–H and O–H groups in total. The zero-order chi connectivity index (χ0) is 22.7. The zero-order valence-corrected chi connectivity index (χ0v) is 18.5. The minimum Gasteiger partial charge on any atom is -0.381 e. The van der Waals surface area contributed by atoms with E-state index in [9.17, 15) is 9.59 Å². The molecule has 1 aliphatic carbocycles. The van der Waals surface area contributed by atoms with Crippen LogP contribution in [0.25, 0.3) is 11.0 Å². The number of carbonyl (C=O) groups is 2. The van der Waals surface area contributed by atoms with E-state index in [1.54, 1.807) is 12.4 Å². The lowest BCUT2D eigenvalue weighted by Gasteiger charge is -2.31. The van der Waals surface area contributed by atoms with E-state index in [0.717, 1.165) is 42.3 Å². The third kappa shape index (κ3) is 4.30. The van der Waals surface area contributed by atoms with Crippen LogP contribution in [0.15, 0.2) is 42.7 Å². The number of nitrogens with one attached hydrogen (secondary N) is 2. The molecular weight excluding hydrogens is 404 g/mol. The molecule has 1 aliphatic rings. The van der Waals surface area contributed by atoms with E-state index in [1.165, 1.54) is 0 Å². The summed E-state index contributed by atoms with van der Waals surface area (Å²) in [4.78, 5) is 31.5. The fraction of sp³-hybridized carbons (Fsp3) is 0.417. The van der Waals surface area contributed by atoms with Gasteiger partial charge in [-0.2, -0.15) is 5.10 Å². The summed E-state index contributed by atoms with van der Waals surface area (Å²) in [7, 11) is 0. The summed E-state index contributed by atoms with van der Waals surface area (Å²) < 4.78 is 0. The molecule has 1 saturated carbocycles. The number of anilines is 1. The average Bonchev–Trinajstić information content (AvgIpc) is 3.30. The van der Waals surface area contributed by atoms with Crippen LogP contribution in [-0.2, 0) is 4.79 Å². The molecule has 2 amide bonds. The number of primary amides is 1. The SMILES string of the molecule is CCN(C(=O)c1cnc2[nH]ncc2c1NC1CCC(C(N)=O)CC1)[C@H](C)c1ccccc1. The Morgan fingerprint density at radius 2 is 1.91 bits per heavy atom. The number of amides is 2. The predicted molar refractivity (Wildman–Crippen MR) is 124 cm³/mol. The second kappa shape index (κ2) is 9.38. The van der Waals surface area contributed by atoms with Gasteiger partial charge in [0.05, 0.1) is 28.9 Å². The predicted octanol–water partition coefficient (Wildman–Crippen LogP) is 3.64. The Kier molecular flexibility index (Phi) is 6.39. The monoisotopic (exact) mass is 434 g/mol. The van der Waals surface area contributed by atoms with Gasteiger partial charge in [0.2, 0.25) is 5.91 Å². The highest BCUT2D eigenvalue weighted by Gasteiger charge is 2.29. The van der Waals surface area contributed by atoms with Crippen molar-refractivity contribution in [2.45, 2.75) is 51.6 Å². The number of aromatic nitrogens is 3. The third-order valence-corrected chi connectivity index (χ3v) is 6.54. The van der Waals surface area contributed by atoms with Gasteiger partial charge in [-0.1, -0.05) is 30.3 Å². The summed E-state index contributed by atoms with van der Waals surface area (Å²) in [6.45, 7) is 4.60. The maximum Gasteiger partial charge on any atom is 0.258 e. The number of rotatable bonds is 7. The van der Waals surface area contributed by atoms with Crippen LogP contribution in [0.4, 0.5) is 5.69 Å². The second-order valence-corrected chi connectivity index (χ2v) is 8.45. The van der Waals surface area contributed by atoms with E-state index < -0.39 is 0 Å². The number of nitrogens with zero attached hydrogens (tertiary/aromatic N) is 3. The third-order valence-electron chi connectivity index (χ3n) is 6.54. The Morgan fingerprint density at radius 3 is 2.56 bits per heavy atom. The minimum absolute atomic E-state index is 0.0668. The van der Waals surface area contributed by atoms with Crippen LogP contribution in [0.2, 0.25) is 0 Å². The van der Waals surface area contributed by atoms with Crippen molar-refractivity contribution in [1.82, 2.24) is 20.1 Å². The molecule has 0 saturated heterocycles. The molecule has 8 heteroatoms. The first-order valence-electron chi connectivity index (χ1n) is 11.2. The van der Waals surface area contributed by atoms with Crippen LogP contribution in [-0.4, -0.2) is 44.5 Å². The lowest BCUT2D eigenvalue weighted by Crippen LogP contribution is -2.35. The van der Waals surface area contributed by atoms with E-state index in [2.05, 4.69) is 20.5 Å². The topological polar surface area (TPSA) is 117 Å². The van der Waals surface area contributed by atoms with Gasteiger partial charge in [-0.3, -0.25) is 14.7 Å². The molecule has 4 rings (SSSR count). The number of nitrogens with two attached hydrogens (primary N) is 1. The highest BCUT2D eigenvalue weighted by Crippen LogP contribution is 2.32. The van der Waals surface area contributed by atoms with Crippen molar-refractivity contribution >= 4 is 28.5 Å². The van der Waals surface area contributed by atoms with Crippen molar-refractivity contribution in [3.63, 3.8) is 0 Å². The van der Waals surface area contributed by atoms with Crippen molar-refractivity contribution in [3.8, 4) is 0 Å². The molecule has 2 aromatic heterocycles. The first-order valence-corrected chi connectivity index (χ1v) is 11.2. The number of aromatic amines is 1. The van der Waals surface area contributed by atoms with Gasteiger partial charge in [-0.05, 0) is 45.1 Å². The van der Waals surface area contributed by atoms with Gasteiger partial charge in [-0.25, -0.2) is 4.98 Å². The first kappa shape index (κ1) is 21.8. The van der Waals surface area contributed by atoms with E-state index in [1.807, 2.05) is 49.1 Å². The number of fused-ring (bicyclic) bond motifs is 1. The highest BCUT2D eigenvalue weighted by molar-refractivity contribution is 6.06. The van der Waals surface area contributed by atoms with Crippen molar-refractivity contribution < 1.29 is 9.59 Å². The number of pyridine rings is 1. The highest BCUT2D eigenvalue weighted by atomic mass is 16.2. The summed E-state index contributed by atoms with van der Waals surface area (Å²) >= 11 is 0. The molecule has 2 heterocycles. The molecule has 0 radical (unpaired) electrons. The molecule has 168 valence electrons. The van der Waals surface area contributed by atoms with Crippen LogP contribution in [0.1, 0.15) is 61.5 Å². The molecule has 0 spiro atoms. The van der Waals surface area contributed by atoms with Gasteiger partial charge in [0.1, 0.15) is 0 Å². The standard InChI is InChI=1S/C24H30N6O2/c1-3-30(15(2)16-7-5-4-6-8-16)24(32)20-13-26-23-19(14-27-29-23)21(20)28-18-11-9-17(10-12-18)22(25)31/h4-8,13-15,17-18H,3,9-12H2,1-2H3,(H2,25,31)(H2,26,27,28,29)/t15-,17?,18?/m1/s1. The van der Waals surface area contributed by atoms with Gasteiger partial charge >= 0.3 is 0 Å². The lowest BCUT2D eigenvalue weighted by atomic mass is 9.85. The zero-order valence-electron chi connectivity index (χ0n) is 18.5. The van der Waals surface area contributed by atoms with Crippen LogP contribution in [0.3, 0.4) is 0 Å². The molecule has 1 aromatic carbocycles. The fourth-order valence-electron chi connectivity index (χ4n) is 4.60. The van der Waals surface area contributed by atoms with Gasteiger partial charge in [0.25, 0.3) is 5.91 Å². The van der Waals surface area contributed by atoms with Crippen LogP contribution in [0, 0.1) is 5.92 Å². The molecule has 0 aliphatic heterocycles. The second-order valence-electron chi connectivity index (χ2n) is 8.45. The summed E-state index contributed by atoms with van der Waals surface area (Å²) in [6, 6.07) is 10.1. The van der Waals surface area contributed by atoms with Crippen LogP contribution in [0.5, 0.6) is 0 Å². The fourth-order valence-corrected chi connectivity index (χ4v) is 4.60. The Morgan fingerprint density at radius 1 is 1.19 bits per heavy atom. The number of carbonyl (C=O) groups excluding carboxylic acids is 2. The largest absolute Gasteiger partial charge is 0.381 e. The van der Waals surface area contributed by atoms with Crippen molar-refractivity contribution in [2.75, 3.05) is 11.9 Å². The van der Waals surface area contributed by atoms with E-state index in [0.29, 0.717) is 17.8 Å². The first-order chi connectivity index (χ1) is 15.5. The maximum atomic E-state index is 13.7. The van der Waals surface area contributed by atoms with Gasteiger partial charge < -0.3 is 16.0 Å². The van der Waals surface area contributed by atoms with E-state index >= 15 is 0 Å². The summed E-state index contributed by atoms with van der Waals surface area (Å²) in [5, 5.41) is 11.4. The molecule has 0 bridgehead atoms. The number of hydrogen-bond donors (Lipinski definition) is 3. The molecule has 3 aromatic rings. The Bertz CT molecular complexity index is 1090. The van der Waals surface area contributed by atoms with Gasteiger partial charge in [0.15, 0.2) is 5.65 Å². The molecule has 1 atom stereocenters. The summed E-state index contributed by atoms with van der Waals surface area (Å²) in [5.74, 6) is -0.371. The van der Waals surface area contributed by atoms with Crippen molar-refractivity contribution in [1.29, 1.82) is 0 Å². The maximum absolute atomic E-state index is 13.7. The molecule has 8 nitrogen and oxygen atoms in total. The minimum atomic E-state index is -0.228. The average molecular weight is 435 g/mol. The lowest BCUT2D eigenvalue weighted by molar-refractivity contribution is -0.122. The van der Waals surface area contributed by atoms with Crippen molar-refractivity contribution in [2.24, 2.45) is 11.7 Å². The van der Waals surface area contributed by atoms with E-state index in [-0.39, 0.29) is 29.8 Å². The Labute approximate surface area is 187 Å². The van der Waals surface area contributed by atoms with Crippen molar-refractivity contribution in [3.05, 3.63) is 53.9 Å². The molecular formula is C24H30N6O2. The van der Waals surface area contributed by atoms with Gasteiger partial charge in [-0.15, -0.1) is 0 Å². The molecule has 32 heavy (non-hydrogen) atoms. The van der Waals surface area contributed by atoms with Gasteiger partial charge in [0, 0.05) is 24.7 Å². The number of H-pyrrole nitrogens is 1. The van der Waals surface area contributed by atoms with E-state index in [4.69, 9.17) is 5.73 Å². The Balaban J connectivity index is 1.63. The number of benzene rings is 1. The normalized spacial score (nSPS) is 19.4. The van der Waals surface area contributed by atoms with Crippen LogP contribution < -0.4 is 11.1 Å². The Hall–Kier alpha value is -3.42. The van der Waals surface area contributed by atoms with Crippen LogP contribution >= 0.6 is 0 Å². The number of hydrogen-bond acceptors (Lipinski definition) is 5. The summed E-state index contributed by atoms with van der Waals surface area (Å²) in [5.41, 5.74) is 8.47.